The van der Waals surface area contributed by atoms with Gasteiger partial charge in [0, 0.05) is 36.6 Å². The van der Waals surface area contributed by atoms with E-state index in [9.17, 15) is 27.2 Å². The second-order valence-electron chi connectivity index (χ2n) is 8.05. The van der Waals surface area contributed by atoms with Crippen molar-refractivity contribution in [3.8, 4) is 0 Å². The molecule has 0 aliphatic rings. The molecule has 0 unspecified atom stereocenters. The Morgan fingerprint density at radius 1 is 0.879 bits per heavy atom. The van der Waals surface area contributed by atoms with Crippen molar-refractivity contribution in [3.05, 3.63) is 82.6 Å². The van der Waals surface area contributed by atoms with E-state index in [-0.39, 0.29) is 30.8 Å². The Labute approximate surface area is 187 Å². The Morgan fingerprint density at radius 2 is 1.45 bits per heavy atom. The second-order valence-corrected chi connectivity index (χ2v) is 8.05. The third-order valence-corrected chi connectivity index (χ3v) is 5.04. The zero-order chi connectivity index (χ0) is 24.2. The molecule has 33 heavy (non-hydrogen) atoms. The molecule has 0 bridgehead atoms. The molecule has 174 valence electrons. The zero-order valence-corrected chi connectivity index (χ0v) is 17.9. The molecule has 0 aliphatic heterocycles. The third kappa shape index (κ3) is 6.41. The first kappa shape index (κ1) is 24.0. The molecule has 10 heteroatoms. The number of rotatable bonds is 8. The van der Waals surface area contributed by atoms with Crippen LogP contribution in [-0.4, -0.2) is 28.6 Å². The van der Waals surface area contributed by atoms with E-state index in [0.717, 1.165) is 18.2 Å². The van der Waals surface area contributed by atoms with Crippen molar-refractivity contribution >= 4 is 17.6 Å². The van der Waals surface area contributed by atoms with E-state index in [1.807, 2.05) is 0 Å². The summed E-state index contributed by atoms with van der Waals surface area (Å²) in [5.74, 6) is -3.58. The molecular formula is C23H22F4N4O2. The number of amides is 2. The topological polar surface area (TPSA) is 86.9 Å². The van der Waals surface area contributed by atoms with Gasteiger partial charge in [-0.2, -0.15) is 5.10 Å². The minimum Gasteiger partial charge on any atom is -0.355 e. The molecule has 0 aliphatic carbocycles. The summed E-state index contributed by atoms with van der Waals surface area (Å²) in [4.78, 5) is 24.1. The molecule has 3 aromatic rings. The Balaban J connectivity index is 1.51. The van der Waals surface area contributed by atoms with Crippen LogP contribution in [0.15, 0.2) is 42.5 Å². The lowest BCUT2D eigenvalue weighted by molar-refractivity contribution is -0.120. The van der Waals surface area contributed by atoms with Gasteiger partial charge in [-0.25, -0.2) is 17.6 Å². The Hall–Kier alpha value is -3.69. The third-order valence-electron chi connectivity index (χ3n) is 5.04. The number of aromatic amines is 1. The molecule has 3 N–H and O–H groups in total. The highest BCUT2D eigenvalue weighted by atomic mass is 19.1. The van der Waals surface area contributed by atoms with E-state index in [2.05, 4.69) is 20.8 Å². The summed E-state index contributed by atoms with van der Waals surface area (Å²) >= 11 is 0. The molecule has 0 spiro atoms. The van der Waals surface area contributed by atoms with Crippen molar-refractivity contribution in [1.82, 2.24) is 15.5 Å². The van der Waals surface area contributed by atoms with E-state index in [1.54, 1.807) is 19.9 Å². The number of nitrogens with one attached hydrogen (secondary N) is 3. The Bertz CT molecular complexity index is 1140. The lowest BCUT2D eigenvalue weighted by atomic mass is 9.81. The number of H-pyrrole nitrogens is 1. The maximum Gasteiger partial charge on any atom is 0.227 e. The Kier molecular flexibility index (Phi) is 7.15. The zero-order valence-electron chi connectivity index (χ0n) is 17.9. The van der Waals surface area contributed by atoms with E-state index in [4.69, 9.17) is 0 Å². The fourth-order valence-electron chi connectivity index (χ4n) is 3.26. The summed E-state index contributed by atoms with van der Waals surface area (Å²) in [6.07, 6.45) is -0.286. The molecule has 3 rings (SSSR count). The van der Waals surface area contributed by atoms with Gasteiger partial charge in [-0.3, -0.25) is 14.7 Å². The van der Waals surface area contributed by atoms with Gasteiger partial charge >= 0.3 is 0 Å². The maximum atomic E-state index is 13.6. The number of carbonyl (C=O) groups is 2. The van der Waals surface area contributed by atoms with Crippen LogP contribution in [0.5, 0.6) is 0 Å². The van der Waals surface area contributed by atoms with E-state index < -0.39 is 40.5 Å². The molecule has 6 nitrogen and oxygen atoms in total. The van der Waals surface area contributed by atoms with Gasteiger partial charge in [0.2, 0.25) is 11.8 Å². The first-order chi connectivity index (χ1) is 15.5. The largest absolute Gasteiger partial charge is 0.355 e. The van der Waals surface area contributed by atoms with Gasteiger partial charge in [0.15, 0.2) is 0 Å². The predicted octanol–water partition coefficient (Wildman–Crippen LogP) is 3.98. The lowest BCUT2D eigenvalue weighted by Gasteiger charge is -2.23. The number of carbonyl (C=O) groups excluding carboxylic acids is 2. The van der Waals surface area contributed by atoms with Crippen molar-refractivity contribution in [2.45, 2.75) is 32.1 Å². The van der Waals surface area contributed by atoms with Crippen LogP contribution in [0.2, 0.25) is 0 Å². The molecule has 0 fully saturated rings. The summed E-state index contributed by atoms with van der Waals surface area (Å²) < 4.78 is 53.6. The normalized spacial score (nSPS) is 11.3. The molecule has 1 aromatic heterocycles. The monoisotopic (exact) mass is 462 g/mol. The molecule has 0 atom stereocenters. The summed E-state index contributed by atoms with van der Waals surface area (Å²) in [7, 11) is 0. The fourth-order valence-corrected chi connectivity index (χ4v) is 3.26. The summed E-state index contributed by atoms with van der Waals surface area (Å²) in [6, 6.07) is 7.61. The highest BCUT2D eigenvalue weighted by Crippen LogP contribution is 2.32. The quantitative estimate of drug-likeness (QED) is 0.443. The molecule has 1 heterocycles. The van der Waals surface area contributed by atoms with Gasteiger partial charge in [-0.15, -0.1) is 0 Å². The number of hydrogen-bond acceptors (Lipinski definition) is 3. The van der Waals surface area contributed by atoms with Crippen LogP contribution in [0.4, 0.5) is 23.4 Å². The summed E-state index contributed by atoms with van der Waals surface area (Å²) in [6.45, 7) is 3.49. The first-order valence-electron chi connectivity index (χ1n) is 10.1. The molecule has 2 aromatic carbocycles. The summed E-state index contributed by atoms with van der Waals surface area (Å²) in [5, 5.41) is 11.9. The van der Waals surface area contributed by atoms with Gasteiger partial charge in [-0.1, -0.05) is 13.8 Å². The highest BCUT2D eigenvalue weighted by Gasteiger charge is 2.27. The highest BCUT2D eigenvalue weighted by molar-refractivity contribution is 5.90. The van der Waals surface area contributed by atoms with Crippen LogP contribution in [-0.2, 0) is 21.4 Å². The van der Waals surface area contributed by atoms with Gasteiger partial charge in [0.05, 0.1) is 12.1 Å². The smallest absolute Gasteiger partial charge is 0.227 e. The minimum atomic E-state index is -0.840. The molecule has 0 radical (unpaired) electrons. The SMILES string of the molecule is CC(C)(c1cc(F)cc(F)c1)c1cc(NC(=O)CCNC(=O)Cc2cc(F)cc(F)c2)[nH]n1. The predicted molar refractivity (Wildman–Crippen MR) is 113 cm³/mol. The van der Waals surface area contributed by atoms with Crippen LogP contribution in [0.25, 0.3) is 0 Å². The van der Waals surface area contributed by atoms with Crippen molar-refractivity contribution in [2.75, 3.05) is 11.9 Å². The molecule has 0 saturated carbocycles. The number of nitrogens with zero attached hydrogens (tertiary/aromatic N) is 1. The van der Waals surface area contributed by atoms with E-state index >= 15 is 0 Å². The van der Waals surface area contributed by atoms with Gasteiger partial charge in [-0.05, 0) is 35.4 Å². The van der Waals surface area contributed by atoms with Crippen LogP contribution < -0.4 is 10.6 Å². The molecule has 0 saturated heterocycles. The van der Waals surface area contributed by atoms with Crippen molar-refractivity contribution in [2.24, 2.45) is 0 Å². The lowest BCUT2D eigenvalue weighted by Crippen LogP contribution is -2.29. The van der Waals surface area contributed by atoms with E-state index in [1.165, 1.54) is 12.1 Å². The van der Waals surface area contributed by atoms with Crippen LogP contribution >= 0.6 is 0 Å². The minimum absolute atomic E-state index is 0.0114. The maximum absolute atomic E-state index is 13.6. The van der Waals surface area contributed by atoms with Crippen molar-refractivity contribution < 1.29 is 27.2 Å². The van der Waals surface area contributed by atoms with Crippen LogP contribution in [0.3, 0.4) is 0 Å². The number of aromatic nitrogens is 2. The number of anilines is 1. The van der Waals surface area contributed by atoms with Gasteiger partial charge in [0.1, 0.15) is 29.1 Å². The van der Waals surface area contributed by atoms with Crippen LogP contribution in [0, 0.1) is 23.3 Å². The van der Waals surface area contributed by atoms with Gasteiger partial charge in [0.25, 0.3) is 0 Å². The van der Waals surface area contributed by atoms with Crippen molar-refractivity contribution in [1.29, 1.82) is 0 Å². The summed E-state index contributed by atoms with van der Waals surface area (Å²) in [5.41, 5.74) is 0.177. The van der Waals surface area contributed by atoms with Gasteiger partial charge < -0.3 is 10.6 Å². The number of halogens is 4. The molecular weight excluding hydrogens is 440 g/mol. The average Bonchev–Trinajstić information content (AvgIpc) is 3.15. The van der Waals surface area contributed by atoms with Crippen molar-refractivity contribution in [3.63, 3.8) is 0 Å². The average molecular weight is 462 g/mol. The number of hydrogen-bond donors (Lipinski definition) is 3. The van der Waals surface area contributed by atoms with E-state index in [0.29, 0.717) is 17.3 Å². The number of benzene rings is 2. The molecule has 2 amide bonds. The first-order valence-corrected chi connectivity index (χ1v) is 10.1. The van der Waals surface area contributed by atoms with Crippen LogP contribution in [0.1, 0.15) is 37.1 Å². The standard InChI is InChI=1S/C23H22F4N4O2/c1-23(2,14-8-17(26)11-18(27)9-14)19-12-20(31-30-19)29-21(32)3-4-28-22(33)7-13-5-15(24)10-16(25)6-13/h5-6,8-12H,3-4,7H2,1-2H3,(H,28,33)(H2,29,30,31,32). The fraction of sp³-hybridized carbons (Fsp3) is 0.261. The second kappa shape index (κ2) is 9.85. The Morgan fingerprint density at radius 3 is 2.06 bits per heavy atom.